The van der Waals surface area contributed by atoms with Crippen LogP contribution in [0.2, 0.25) is 0 Å². The first-order valence-electron chi connectivity index (χ1n) is 10.1. The van der Waals surface area contributed by atoms with Gasteiger partial charge in [-0.3, -0.25) is 9.59 Å². The molecule has 5 heteroatoms. The van der Waals surface area contributed by atoms with Crippen molar-refractivity contribution >= 4 is 11.8 Å². The number of carbonyl (C=O) groups is 2. The van der Waals surface area contributed by atoms with Gasteiger partial charge in [0.15, 0.2) is 0 Å². The highest BCUT2D eigenvalue weighted by atomic mass is 19.1. The molecule has 29 heavy (non-hydrogen) atoms. The molecule has 4 nitrogen and oxygen atoms in total. The summed E-state index contributed by atoms with van der Waals surface area (Å²) in [7, 11) is 0. The summed E-state index contributed by atoms with van der Waals surface area (Å²) in [4.78, 5) is 27.6. The third kappa shape index (κ3) is 7.33. The van der Waals surface area contributed by atoms with Gasteiger partial charge in [-0.2, -0.15) is 0 Å². The molecule has 0 saturated heterocycles. The van der Waals surface area contributed by atoms with E-state index in [0.29, 0.717) is 19.3 Å². The molecule has 0 aliphatic rings. The van der Waals surface area contributed by atoms with Gasteiger partial charge in [-0.05, 0) is 56.9 Å². The largest absolute Gasteiger partial charge is 0.350 e. The van der Waals surface area contributed by atoms with Crippen molar-refractivity contribution in [1.29, 1.82) is 0 Å². The highest BCUT2D eigenvalue weighted by molar-refractivity contribution is 5.88. The van der Waals surface area contributed by atoms with Crippen molar-refractivity contribution in [3.63, 3.8) is 0 Å². The van der Waals surface area contributed by atoms with E-state index in [2.05, 4.69) is 5.32 Å². The molecule has 0 aliphatic carbocycles. The fourth-order valence-electron chi connectivity index (χ4n) is 3.20. The van der Waals surface area contributed by atoms with Crippen LogP contribution in [0.5, 0.6) is 0 Å². The summed E-state index contributed by atoms with van der Waals surface area (Å²) in [6, 6.07) is 15.3. The van der Waals surface area contributed by atoms with Crippen LogP contribution in [0.4, 0.5) is 4.39 Å². The molecule has 0 aromatic heterocycles. The van der Waals surface area contributed by atoms with E-state index in [1.54, 1.807) is 17.0 Å². The zero-order chi connectivity index (χ0) is 21.4. The molecule has 2 aromatic carbocycles. The highest BCUT2D eigenvalue weighted by Gasteiger charge is 2.30. The van der Waals surface area contributed by atoms with Gasteiger partial charge in [0, 0.05) is 18.5 Å². The van der Waals surface area contributed by atoms with Crippen molar-refractivity contribution < 1.29 is 14.0 Å². The minimum atomic E-state index is -0.581. The van der Waals surface area contributed by atoms with E-state index < -0.39 is 6.04 Å². The van der Waals surface area contributed by atoms with Crippen LogP contribution < -0.4 is 5.32 Å². The third-order valence-corrected chi connectivity index (χ3v) is 4.62. The van der Waals surface area contributed by atoms with Crippen LogP contribution in [0.15, 0.2) is 54.6 Å². The van der Waals surface area contributed by atoms with E-state index in [1.807, 2.05) is 58.0 Å². The molecule has 156 valence electrons. The average Bonchev–Trinajstić information content (AvgIpc) is 2.67. The summed E-state index contributed by atoms with van der Waals surface area (Å²) in [6.45, 7) is 7.91. The minimum absolute atomic E-state index is 0.0888. The van der Waals surface area contributed by atoms with Crippen LogP contribution in [0.25, 0.3) is 0 Å². The van der Waals surface area contributed by atoms with Crippen molar-refractivity contribution in [2.75, 3.05) is 0 Å². The second kappa shape index (κ2) is 10.2. The molecule has 0 aliphatic heterocycles. The van der Waals surface area contributed by atoms with Crippen LogP contribution in [-0.4, -0.2) is 28.3 Å². The van der Waals surface area contributed by atoms with Gasteiger partial charge in [0.2, 0.25) is 11.8 Å². The van der Waals surface area contributed by atoms with E-state index in [0.717, 1.165) is 11.1 Å². The summed E-state index contributed by atoms with van der Waals surface area (Å²) in [5.74, 6) is -0.586. The average molecular weight is 399 g/mol. The Hall–Kier alpha value is -2.69. The molecule has 0 bridgehead atoms. The molecule has 1 atom stereocenters. The number of benzene rings is 2. The van der Waals surface area contributed by atoms with Crippen molar-refractivity contribution in [3.05, 3.63) is 71.5 Å². The lowest BCUT2D eigenvalue weighted by Gasteiger charge is -2.33. The van der Waals surface area contributed by atoms with Crippen LogP contribution in [0.1, 0.15) is 51.7 Å². The first-order chi connectivity index (χ1) is 13.7. The summed E-state index contributed by atoms with van der Waals surface area (Å²) in [6.07, 6.45) is 1.42. The van der Waals surface area contributed by atoms with Crippen molar-refractivity contribution in [2.45, 2.75) is 65.1 Å². The molecule has 0 radical (unpaired) electrons. The summed E-state index contributed by atoms with van der Waals surface area (Å²) in [5.41, 5.74) is 1.48. The molecule has 1 N–H and O–H groups in total. The fourth-order valence-corrected chi connectivity index (χ4v) is 3.20. The Bertz CT molecular complexity index is 798. The predicted octanol–water partition coefficient (Wildman–Crippen LogP) is 4.48. The second-order valence-electron chi connectivity index (χ2n) is 8.30. The molecular weight excluding hydrogens is 367 g/mol. The Labute approximate surface area is 173 Å². The maximum absolute atomic E-state index is 13.3. The van der Waals surface area contributed by atoms with Crippen molar-refractivity contribution in [3.8, 4) is 0 Å². The van der Waals surface area contributed by atoms with Gasteiger partial charge in [0.25, 0.3) is 0 Å². The molecular formula is C24H31FN2O2. The molecule has 0 fully saturated rings. The Kier molecular flexibility index (Phi) is 7.94. The molecule has 2 rings (SSSR count). The van der Waals surface area contributed by atoms with Crippen LogP contribution in [-0.2, 0) is 22.6 Å². The molecule has 2 aromatic rings. The van der Waals surface area contributed by atoms with Gasteiger partial charge in [-0.25, -0.2) is 4.39 Å². The predicted molar refractivity (Wildman–Crippen MR) is 114 cm³/mol. The number of nitrogens with one attached hydrogen (secondary N) is 1. The van der Waals surface area contributed by atoms with E-state index in [9.17, 15) is 14.0 Å². The molecule has 0 heterocycles. The lowest BCUT2D eigenvalue weighted by Crippen LogP contribution is -2.53. The molecule has 0 unspecified atom stereocenters. The number of halogens is 1. The maximum Gasteiger partial charge on any atom is 0.243 e. The van der Waals surface area contributed by atoms with Crippen LogP contribution in [0, 0.1) is 5.82 Å². The van der Waals surface area contributed by atoms with E-state index in [1.165, 1.54) is 12.1 Å². The van der Waals surface area contributed by atoms with Gasteiger partial charge < -0.3 is 10.2 Å². The smallest absolute Gasteiger partial charge is 0.243 e. The normalized spacial score (nSPS) is 12.3. The summed E-state index contributed by atoms with van der Waals surface area (Å²) >= 11 is 0. The quantitative estimate of drug-likeness (QED) is 0.713. The van der Waals surface area contributed by atoms with Gasteiger partial charge in [0.05, 0.1) is 0 Å². The summed E-state index contributed by atoms with van der Waals surface area (Å²) < 4.78 is 13.3. The monoisotopic (exact) mass is 398 g/mol. The Morgan fingerprint density at radius 1 is 1.00 bits per heavy atom. The zero-order valence-electron chi connectivity index (χ0n) is 17.7. The summed E-state index contributed by atoms with van der Waals surface area (Å²) in [5, 5.41) is 2.98. The molecule has 2 amide bonds. The number of hydrogen-bond donors (Lipinski definition) is 1. The Morgan fingerprint density at radius 2 is 1.62 bits per heavy atom. The van der Waals surface area contributed by atoms with Crippen LogP contribution >= 0.6 is 0 Å². The number of hydrogen-bond acceptors (Lipinski definition) is 2. The van der Waals surface area contributed by atoms with E-state index in [-0.39, 0.29) is 29.7 Å². The van der Waals surface area contributed by atoms with Crippen molar-refractivity contribution in [2.24, 2.45) is 0 Å². The number of amides is 2. The fraction of sp³-hybridized carbons (Fsp3) is 0.417. The number of carbonyl (C=O) groups excluding carboxylic acids is 2. The van der Waals surface area contributed by atoms with E-state index in [4.69, 9.17) is 0 Å². The van der Waals surface area contributed by atoms with Gasteiger partial charge in [0.1, 0.15) is 11.9 Å². The second-order valence-corrected chi connectivity index (χ2v) is 8.30. The molecule has 0 saturated carbocycles. The Balaban J connectivity index is 2.21. The first-order valence-corrected chi connectivity index (χ1v) is 10.1. The lowest BCUT2D eigenvalue weighted by molar-refractivity contribution is -0.142. The number of rotatable bonds is 8. The van der Waals surface area contributed by atoms with Gasteiger partial charge in [-0.1, -0.05) is 49.4 Å². The minimum Gasteiger partial charge on any atom is -0.350 e. The highest BCUT2D eigenvalue weighted by Crippen LogP contribution is 2.16. The topological polar surface area (TPSA) is 49.4 Å². The first kappa shape index (κ1) is 22.6. The third-order valence-electron chi connectivity index (χ3n) is 4.62. The Morgan fingerprint density at radius 3 is 2.17 bits per heavy atom. The van der Waals surface area contributed by atoms with Crippen molar-refractivity contribution in [1.82, 2.24) is 10.2 Å². The maximum atomic E-state index is 13.3. The SMILES string of the molecule is CC[C@@H](C(=O)NC(C)(C)C)N(Cc1ccc(F)cc1)C(=O)CCc1ccccc1. The number of nitrogens with zero attached hydrogens (tertiary/aromatic N) is 1. The lowest BCUT2D eigenvalue weighted by atomic mass is 10.0. The van der Waals surface area contributed by atoms with Gasteiger partial charge in [-0.15, -0.1) is 0 Å². The van der Waals surface area contributed by atoms with Gasteiger partial charge >= 0.3 is 0 Å². The zero-order valence-corrected chi connectivity index (χ0v) is 17.7. The van der Waals surface area contributed by atoms with Crippen LogP contribution in [0.3, 0.4) is 0 Å². The van der Waals surface area contributed by atoms with E-state index >= 15 is 0 Å². The number of aryl methyl sites for hydroxylation is 1. The standard InChI is InChI=1S/C24H31FN2O2/c1-5-21(23(29)26-24(2,3)4)27(17-19-11-14-20(25)15-12-19)22(28)16-13-18-9-7-6-8-10-18/h6-12,14-15,21H,5,13,16-17H2,1-4H3,(H,26,29)/t21-/m0/s1. The molecule has 0 spiro atoms.